The molecule has 0 spiro atoms. The highest BCUT2D eigenvalue weighted by Gasteiger charge is 2.24. The number of nitrogens with zero attached hydrogens (tertiary/aromatic N) is 2. The second kappa shape index (κ2) is 7.51. The van der Waals surface area contributed by atoms with Crippen molar-refractivity contribution in [3.05, 3.63) is 71.5 Å². The standard InChI is InChI=1S/C20H17N5OS/c1-21-20(26)25-16-12-24-18(19(16)27-13-6-3-2-4-7-13)17-14(9-11-23-17)15-8-5-10-22-15/h2-12,22-23H,1H3,(H,21,26). The highest BCUT2D eigenvalue weighted by molar-refractivity contribution is 8.04. The van der Waals surface area contributed by atoms with E-state index in [4.69, 9.17) is 0 Å². The molecular weight excluding hydrogens is 358 g/mol. The minimum absolute atomic E-state index is 0.403. The fraction of sp³-hybridized carbons (Fsp3) is 0.0500. The van der Waals surface area contributed by atoms with E-state index in [2.05, 4.69) is 25.3 Å². The molecule has 134 valence electrons. The maximum Gasteiger partial charge on any atom is 0.341 e. The molecule has 0 atom stereocenters. The Hall–Kier alpha value is -3.32. The van der Waals surface area contributed by atoms with Crippen LogP contribution >= 0.6 is 11.8 Å². The summed E-state index contributed by atoms with van der Waals surface area (Å²) in [6, 6.07) is 15.5. The number of aromatic nitrogens is 2. The number of hydrogen-bond donors (Lipinski definition) is 3. The first-order valence-corrected chi connectivity index (χ1v) is 9.21. The molecule has 7 heteroatoms. The Balaban J connectivity index is 1.82. The Labute approximate surface area is 160 Å². The molecule has 6 nitrogen and oxygen atoms in total. The van der Waals surface area contributed by atoms with Crippen molar-refractivity contribution in [2.45, 2.75) is 4.90 Å². The maximum atomic E-state index is 11.8. The number of carbonyl (C=O) groups excluding carboxylic acids is 1. The van der Waals surface area contributed by atoms with Crippen LogP contribution in [0, 0.1) is 0 Å². The summed E-state index contributed by atoms with van der Waals surface area (Å²) in [5, 5.41) is 2.53. The van der Waals surface area contributed by atoms with Crippen molar-refractivity contribution < 1.29 is 4.79 Å². The van der Waals surface area contributed by atoms with E-state index in [1.165, 1.54) is 11.8 Å². The number of aromatic amines is 2. The van der Waals surface area contributed by atoms with E-state index in [1.807, 2.05) is 60.9 Å². The molecule has 4 rings (SSSR count). The van der Waals surface area contributed by atoms with Crippen LogP contribution in [0.1, 0.15) is 5.69 Å². The van der Waals surface area contributed by atoms with Crippen LogP contribution in [-0.4, -0.2) is 35.0 Å². The number of benzene rings is 1. The zero-order chi connectivity index (χ0) is 18.6. The van der Waals surface area contributed by atoms with Crippen LogP contribution in [0.4, 0.5) is 4.79 Å². The van der Waals surface area contributed by atoms with E-state index in [9.17, 15) is 4.79 Å². The predicted molar refractivity (Wildman–Crippen MR) is 110 cm³/mol. The van der Waals surface area contributed by atoms with Crippen LogP contribution in [0.25, 0.3) is 17.0 Å². The molecule has 0 saturated heterocycles. The van der Waals surface area contributed by atoms with Crippen LogP contribution in [0.5, 0.6) is 0 Å². The number of carbonyl (C=O) groups is 1. The molecule has 2 amide bonds. The summed E-state index contributed by atoms with van der Waals surface area (Å²) in [5.74, 6) is 0. The van der Waals surface area contributed by atoms with Crippen LogP contribution in [0.3, 0.4) is 0 Å². The minimum atomic E-state index is -0.403. The average Bonchev–Trinajstić information content (AvgIpc) is 3.43. The first kappa shape index (κ1) is 17.1. The fourth-order valence-corrected chi connectivity index (χ4v) is 3.77. The smallest absolute Gasteiger partial charge is 0.341 e. The summed E-state index contributed by atoms with van der Waals surface area (Å²) in [7, 11) is 1.56. The van der Waals surface area contributed by atoms with Gasteiger partial charge in [0.05, 0.1) is 16.8 Å². The molecule has 0 saturated carbocycles. The third-order valence-corrected chi connectivity index (χ3v) is 5.15. The van der Waals surface area contributed by atoms with Gasteiger partial charge in [0.15, 0.2) is 0 Å². The van der Waals surface area contributed by atoms with Gasteiger partial charge in [0, 0.05) is 35.6 Å². The SMILES string of the molecule is CNC(=O)N=C1C=NC(c2[nH]ccc2-c2ccc[nH]2)=C1Sc1ccccc1. The van der Waals surface area contributed by atoms with Crippen LogP contribution < -0.4 is 5.32 Å². The van der Waals surface area contributed by atoms with E-state index >= 15 is 0 Å². The number of urea groups is 1. The van der Waals surface area contributed by atoms with Crippen molar-refractivity contribution in [2.24, 2.45) is 9.98 Å². The molecular formula is C20H17N5OS. The lowest BCUT2D eigenvalue weighted by atomic mass is 10.1. The van der Waals surface area contributed by atoms with Crippen molar-refractivity contribution in [3.8, 4) is 11.3 Å². The van der Waals surface area contributed by atoms with Gasteiger partial charge in [-0.2, -0.15) is 4.99 Å². The zero-order valence-corrected chi connectivity index (χ0v) is 15.4. The van der Waals surface area contributed by atoms with Gasteiger partial charge in [0.25, 0.3) is 0 Å². The van der Waals surface area contributed by atoms with Crippen molar-refractivity contribution in [3.63, 3.8) is 0 Å². The second-order valence-electron chi connectivity index (χ2n) is 5.75. The van der Waals surface area contributed by atoms with Crippen LogP contribution in [-0.2, 0) is 0 Å². The number of hydrogen-bond acceptors (Lipinski definition) is 3. The van der Waals surface area contributed by atoms with Gasteiger partial charge in [-0.1, -0.05) is 30.0 Å². The van der Waals surface area contributed by atoms with Crippen molar-refractivity contribution >= 4 is 35.4 Å². The number of H-pyrrole nitrogens is 2. The monoisotopic (exact) mass is 375 g/mol. The third kappa shape index (κ3) is 3.50. The Kier molecular flexibility index (Phi) is 4.76. The first-order chi connectivity index (χ1) is 13.3. The van der Waals surface area contributed by atoms with Gasteiger partial charge in [0.2, 0.25) is 0 Å². The summed E-state index contributed by atoms with van der Waals surface area (Å²) < 4.78 is 0. The minimum Gasteiger partial charge on any atom is -0.361 e. The normalized spacial score (nSPS) is 14.9. The van der Waals surface area contributed by atoms with Gasteiger partial charge in [-0.3, -0.25) is 4.99 Å². The van der Waals surface area contributed by atoms with E-state index in [0.29, 0.717) is 5.71 Å². The summed E-state index contributed by atoms with van der Waals surface area (Å²) >= 11 is 1.54. The van der Waals surface area contributed by atoms with Gasteiger partial charge in [-0.05, 0) is 30.3 Å². The number of rotatable bonds is 4. The molecule has 0 radical (unpaired) electrons. The largest absolute Gasteiger partial charge is 0.361 e. The quantitative estimate of drug-likeness (QED) is 0.634. The molecule has 3 aromatic rings. The summed E-state index contributed by atoms with van der Waals surface area (Å²) in [4.78, 5) is 28.9. The Bertz CT molecular complexity index is 1050. The van der Waals surface area contributed by atoms with E-state index in [0.717, 1.165) is 32.4 Å². The van der Waals surface area contributed by atoms with Gasteiger partial charge < -0.3 is 15.3 Å². The number of aliphatic imine (C=N–C) groups is 2. The third-order valence-electron chi connectivity index (χ3n) is 4.03. The molecule has 1 aliphatic heterocycles. The molecule has 27 heavy (non-hydrogen) atoms. The van der Waals surface area contributed by atoms with Gasteiger partial charge in [-0.25, -0.2) is 4.79 Å². The summed E-state index contributed by atoms with van der Waals surface area (Å²) in [6.45, 7) is 0. The van der Waals surface area contributed by atoms with Crippen molar-refractivity contribution in [1.29, 1.82) is 0 Å². The molecule has 0 bridgehead atoms. The summed E-state index contributed by atoms with van der Waals surface area (Å²) in [5.41, 5.74) is 4.20. The van der Waals surface area contributed by atoms with Gasteiger partial charge in [-0.15, -0.1) is 0 Å². The molecule has 0 aliphatic carbocycles. The van der Waals surface area contributed by atoms with Gasteiger partial charge >= 0.3 is 6.03 Å². The molecule has 1 aromatic carbocycles. The molecule has 2 aromatic heterocycles. The number of thioether (sulfide) groups is 1. The Morgan fingerprint density at radius 3 is 2.67 bits per heavy atom. The summed E-state index contributed by atoms with van der Waals surface area (Å²) in [6.07, 6.45) is 5.40. The lowest BCUT2D eigenvalue weighted by molar-refractivity contribution is 0.251. The maximum absolute atomic E-state index is 11.8. The number of amides is 2. The zero-order valence-electron chi connectivity index (χ0n) is 14.6. The lowest BCUT2D eigenvalue weighted by Gasteiger charge is -2.08. The van der Waals surface area contributed by atoms with Crippen LogP contribution in [0.2, 0.25) is 0 Å². The van der Waals surface area contributed by atoms with E-state index in [-0.39, 0.29) is 0 Å². The first-order valence-electron chi connectivity index (χ1n) is 8.40. The number of allylic oxidation sites excluding steroid dienone is 1. The highest BCUT2D eigenvalue weighted by atomic mass is 32.2. The average molecular weight is 375 g/mol. The topological polar surface area (TPSA) is 85.4 Å². The Morgan fingerprint density at radius 2 is 1.93 bits per heavy atom. The molecule has 3 N–H and O–H groups in total. The predicted octanol–water partition coefficient (Wildman–Crippen LogP) is 4.34. The molecule has 0 unspecified atom stereocenters. The van der Waals surface area contributed by atoms with E-state index in [1.54, 1.807) is 13.3 Å². The highest BCUT2D eigenvalue weighted by Crippen LogP contribution is 2.39. The molecule has 3 heterocycles. The molecule has 0 fully saturated rings. The van der Waals surface area contributed by atoms with Gasteiger partial charge in [0.1, 0.15) is 11.4 Å². The lowest BCUT2D eigenvalue weighted by Crippen LogP contribution is -2.15. The fourth-order valence-electron chi connectivity index (χ4n) is 2.78. The van der Waals surface area contributed by atoms with Crippen LogP contribution in [0.15, 0.2) is 80.7 Å². The Morgan fingerprint density at radius 1 is 1.07 bits per heavy atom. The van der Waals surface area contributed by atoms with Crippen molar-refractivity contribution in [2.75, 3.05) is 7.05 Å². The second-order valence-corrected chi connectivity index (χ2v) is 6.84. The van der Waals surface area contributed by atoms with Crippen molar-refractivity contribution in [1.82, 2.24) is 15.3 Å². The molecule has 1 aliphatic rings. The van der Waals surface area contributed by atoms with E-state index < -0.39 is 6.03 Å². The number of nitrogens with one attached hydrogen (secondary N) is 3.